The van der Waals surface area contributed by atoms with E-state index in [1.165, 1.54) is 11.3 Å². The van der Waals surface area contributed by atoms with Crippen molar-refractivity contribution >= 4 is 33.3 Å². The van der Waals surface area contributed by atoms with Gasteiger partial charge in [-0.25, -0.2) is 4.98 Å². The first-order valence-corrected chi connectivity index (χ1v) is 10.5. The summed E-state index contributed by atoms with van der Waals surface area (Å²) in [5.74, 6) is 1.14. The zero-order valence-corrected chi connectivity index (χ0v) is 17.8. The van der Waals surface area contributed by atoms with Gasteiger partial charge in [-0.15, -0.1) is 0 Å². The molecule has 3 heterocycles. The third-order valence-corrected chi connectivity index (χ3v) is 5.86. The van der Waals surface area contributed by atoms with Gasteiger partial charge in [0.15, 0.2) is 0 Å². The first-order chi connectivity index (χ1) is 15.1. The Morgan fingerprint density at radius 3 is 2.58 bits per heavy atom. The predicted molar refractivity (Wildman–Crippen MR) is 122 cm³/mol. The highest BCUT2D eigenvalue weighted by Gasteiger charge is 2.16. The highest BCUT2D eigenvalue weighted by molar-refractivity contribution is 7.20. The van der Waals surface area contributed by atoms with Gasteiger partial charge in [-0.3, -0.25) is 4.79 Å². The van der Waals surface area contributed by atoms with Crippen molar-refractivity contribution < 1.29 is 9.53 Å². The van der Waals surface area contributed by atoms with Gasteiger partial charge >= 0.3 is 0 Å². The molecule has 0 aliphatic carbocycles. The standard InChI is InChI=1S/C23H19N5O2S/c1-15-13-21(25-22(29)16-5-7-17(8-6-16)27-11-3-4-12-27)28(26-15)23-24-19-10-9-18(30-2)14-20(19)31-23/h3-14H,1-2H3,(H,25,29). The van der Waals surface area contributed by atoms with E-state index in [-0.39, 0.29) is 5.91 Å². The van der Waals surface area contributed by atoms with Crippen LogP contribution in [0.4, 0.5) is 5.82 Å². The van der Waals surface area contributed by atoms with E-state index in [0.717, 1.165) is 27.3 Å². The fourth-order valence-corrected chi connectivity index (χ4v) is 4.28. The average Bonchev–Trinajstić information content (AvgIpc) is 3.53. The smallest absolute Gasteiger partial charge is 0.256 e. The molecular weight excluding hydrogens is 410 g/mol. The quantitative estimate of drug-likeness (QED) is 0.434. The van der Waals surface area contributed by atoms with Crippen molar-refractivity contribution in [1.29, 1.82) is 0 Å². The SMILES string of the molecule is COc1ccc2nc(-n3nc(C)cc3NC(=O)c3ccc(-n4cccc4)cc3)sc2c1. The molecule has 0 fully saturated rings. The third kappa shape index (κ3) is 3.69. The molecule has 0 saturated carbocycles. The van der Waals surface area contributed by atoms with Crippen molar-refractivity contribution in [1.82, 2.24) is 19.3 Å². The Kier molecular flexibility index (Phi) is 4.76. The van der Waals surface area contributed by atoms with Crippen LogP contribution in [0.1, 0.15) is 16.1 Å². The first kappa shape index (κ1) is 19.1. The summed E-state index contributed by atoms with van der Waals surface area (Å²) >= 11 is 1.49. The molecule has 8 heteroatoms. The second-order valence-corrected chi connectivity index (χ2v) is 8.01. The van der Waals surface area contributed by atoms with Crippen molar-refractivity contribution in [2.45, 2.75) is 6.92 Å². The minimum absolute atomic E-state index is 0.206. The monoisotopic (exact) mass is 429 g/mol. The van der Waals surface area contributed by atoms with Gasteiger partial charge in [0.25, 0.3) is 5.91 Å². The topological polar surface area (TPSA) is 74.0 Å². The van der Waals surface area contributed by atoms with E-state index in [1.54, 1.807) is 11.8 Å². The van der Waals surface area contributed by atoms with E-state index in [1.807, 2.05) is 84.5 Å². The molecule has 0 radical (unpaired) electrons. The minimum atomic E-state index is -0.206. The lowest BCUT2D eigenvalue weighted by Crippen LogP contribution is -2.15. The number of aromatic nitrogens is 4. The van der Waals surface area contributed by atoms with Gasteiger partial charge in [0.1, 0.15) is 11.6 Å². The average molecular weight is 430 g/mol. The van der Waals surface area contributed by atoms with Crippen LogP contribution in [0.3, 0.4) is 0 Å². The summed E-state index contributed by atoms with van der Waals surface area (Å²) in [7, 11) is 1.64. The lowest BCUT2D eigenvalue weighted by molar-refractivity contribution is 0.102. The molecule has 5 aromatic rings. The number of nitrogens with one attached hydrogen (secondary N) is 1. The van der Waals surface area contributed by atoms with Gasteiger partial charge in [-0.1, -0.05) is 11.3 Å². The number of methoxy groups -OCH3 is 1. The van der Waals surface area contributed by atoms with E-state index in [2.05, 4.69) is 15.4 Å². The first-order valence-electron chi connectivity index (χ1n) is 9.67. The van der Waals surface area contributed by atoms with Crippen LogP contribution in [-0.2, 0) is 0 Å². The van der Waals surface area contributed by atoms with Crippen molar-refractivity contribution in [2.75, 3.05) is 12.4 Å². The molecule has 0 bridgehead atoms. The molecule has 0 atom stereocenters. The van der Waals surface area contributed by atoms with Crippen LogP contribution in [0.5, 0.6) is 5.75 Å². The Labute approximate surface area is 182 Å². The molecule has 0 saturated heterocycles. The highest BCUT2D eigenvalue weighted by atomic mass is 32.1. The normalized spacial score (nSPS) is 11.0. The lowest BCUT2D eigenvalue weighted by atomic mass is 10.2. The summed E-state index contributed by atoms with van der Waals surface area (Å²) in [5.41, 5.74) is 3.20. The number of carbonyl (C=O) groups excluding carboxylic acids is 1. The van der Waals surface area contributed by atoms with Gasteiger partial charge in [0.2, 0.25) is 5.13 Å². The summed E-state index contributed by atoms with van der Waals surface area (Å²) in [4.78, 5) is 17.5. The number of benzene rings is 2. The Morgan fingerprint density at radius 2 is 1.84 bits per heavy atom. The molecule has 2 aromatic carbocycles. The largest absolute Gasteiger partial charge is 0.497 e. The molecule has 7 nitrogen and oxygen atoms in total. The van der Waals surface area contributed by atoms with Crippen LogP contribution in [0.2, 0.25) is 0 Å². The lowest BCUT2D eigenvalue weighted by Gasteiger charge is -2.08. The van der Waals surface area contributed by atoms with E-state index < -0.39 is 0 Å². The van der Waals surface area contributed by atoms with E-state index in [9.17, 15) is 4.79 Å². The van der Waals surface area contributed by atoms with Crippen LogP contribution >= 0.6 is 11.3 Å². The maximum Gasteiger partial charge on any atom is 0.256 e. The maximum atomic E-state index is 12.9. The summed E-state index contributed by atoms with van der Waals surface area (Å²) in [6.07, 6.45) is 3.92. The van der Waals surface area contributed by atoms with Crippen molar-refractivity contribution in [2.24, 2.45) is 0 Å². The second kappa shape index (κ2) is 7.73. The number of rotatable bonds is 5. The predicted octanol–water partition coefficient (Wildman–Crippen LogP) is 4.84. The molecule has 0 aliphatic rings. The highest BCUT2D eigenvalue weighted by Crippen LogP contribution is 2.30. The minimum Gasteiger partial charge on any atom is -0.497 e. The van der Waals surface area contributed by atoms with Gasteiger partial charge in [0, 0.05) is 29.7 Å². The zero-order chi connectivity index (χ0) is 21.4. The third-order valence-electron chi connectivity index (χ3n) is 4.87. The number of thiazole rings is 1. The fraction of sp³-hybridized carbons (Fsp3) is 0.0870. The molecule has 5 rings (SSSR count). The Balaban J connectivity index is 1.42. The fourth-order valence-electron chi connectivity index (χ4n) is 3.32. The van der Waals surface area contributed by atoms with Gasteiger partial charge in [-0.05, 0) is 61.5 Å². The van der Waals surface area contributed by atoms with E-state index in [0.29, 0.717) is 16.5 Å². The molecule has 3 aromatic heterocycles. The number of nitrogens with zero attached hydrogens (tertiary/aromatic N) is 4. The molecule has 0 unspecified atom stereocenters. The summed E-state index contributed by atoms with van der Waals surface area (Å²) in [6.45, 7) is 1.88. The maximum absolute atomic E-state index is 12.9. The molecule has 0 aliphatic heterocycles. The van der Waals surface area contributed by atoms with Crippen molar-refractivity contribution in [3.05, 3.63) is 84.3 Å². The number of fused-ring (bicyclic) bond motifs is 1. The number of carbonyl (C=O) groups is 1. The number of hydrogen-bond acceptors (Lipinski definition) is 5. The molecule has 154 valence electrons. The Hall–Kier alpha value is -3.91. The molecule has 1 N–H and O–H groups in total. The summed E-state index contributed by atoms with van der Waals surface area (Å²) < 4.78 is 9.94. The van der Waals surface area contributed by atoms with Crippen molar-refractivity contribution in [3.63, 3.8) is 0 Å². The number of amides is 1. The molecule has 0 spiro atoms. The van der Waals surface area contributed by atoms with Crippen LogP contribution in [0.25, 0.3) is 21.0 Å². The number of hydrogen-bond donors (Lipinski definition) is 1. The Morgan fingerprint density at radius 1 is 1.06 bits per heavy atom. The second-order valence-electron chi connectivity index (χ2n) is 7.00. The summed E-state index contributed by atoms with van der Waals surface area (Å²) in [6, 6.07) is 18.9. The van der Waals surface area contributed by atoms with Crippen LogP contribution in [0.15, 0.2) is 73.1 Å². The van der Waals surface area contributed by atoms with Crippen LogP contribution in [0, 0.1) is 6.92 Å². The number of ether oxygens (including phenoxy) is 1. The number of aryl methyl sites for hydroxylation is 1. The van der Waals surface area contributed by atoms with Crippen LogP contribution < -0.4 is 10.1 Å². The molecule has 1 amide bonds. The van der Waals surface area contributed by atoms with Gasteiger partial charge in [-0.2, -0.15) is 9.78 Å². The van der Waals surface area contributed by atoms with Crippen LogP contribution in [-0.4, -0.2) is 32.3 Å². The Bertz CT molecular complexity index is 1370. The van der Waals surface area contributed by atoms with E-state index in [4.69, 9.17) is 4.74 Å². The molecule has 31 heavy (non-hydrogen) atoms. The van der Waals surface area contributed by atoms with Crippen molar-refractivity contribution in [3.8, 4) is 16.6 Å². The summed E-state index contributed by atoms with van der Waals surface area (Å²) in [5, 5.41) is 8.17. The van der Waals surface area contributed by atoms with E-state index >= 15 is 0 Å². The van der Waals surface area contributed by atoms with Gasteiger partial charge < -0.3 is 14.6 Å². The zero-order valence-electron chi connectivity index (χ0n) is 16.9. The number of anilines is 1. The van der Waals surface area contributed by atoms with Gasteiger partial charge in [0.05, 0.1) is 23.0 Å². The molecular formula is C23H19N5O2S.